The van der Waals surface area contributed by atoms with Gasteiger partial charge in [0, 0.05) is 10.2 Å². The Balaban J connectivity index is 1.61. The first kappa shape index (κ1) is 17.2. The van der Waals surface area contributed by atoms with Gasteiger partial charge in [-0.15, -0.1) is 0 Å². The zero-order valence-corrected chi connectivity index (χ0v) is 15.2. The van der Waals surface area contributed by atoms with Crippen molar-refractivity contribution in [3.05, 3.63) is 64.1 Å². The number of halogens is 1. The van der Waals surface area contributed by atoms with Gasteiger partial charge in [0.2, 0.25) is 5.91 Å². The fraction of sp³-hybridized carbons (Fsp3) is 0.0588. The molecule has 126 valence electrons. The molecule has 3 amide bonds. The van der Waals surface area contributed by atoms with Crippen molar-refractivity contribution in [1.82, 2.24) is 10.2 Å². The first-order valence-electron chi connectivity index (χ1n) is 7.27. The van der Waals surface area contributed by atoms with E-state index in [0.717, 1.165) is 9.37 Å². The molecule has 8 heteroatoms. The van der Waals surface area contributed by atoms with Crippen LogP contribution in [0.4, 0.5) is 5.69 Å². The summed E-state index contributed by atoms with van der Waals surface area (Å²) in [5.74, 6) is -1.52. The van der Waals surface area contributed by atoms with E-state index in [1.54, 1.807) is 36.4 Å². The van der Waals surface area contributed by atoms with E-state index < -0.39 is 24.3 Å². The maximum atomic E-state index is 12.2. The SMILES string of the molecule is O=C(CN1C(=O)c2ccccc2C1=O)NC(=S)Nc1cccc(Br)c1. The highest BCUT2D eigenvalue weighted by atomic mass is 79.9. The van der Waals surface area contributed by atoms with Crippen molar-refractivity contribution in [2.75, 3.05) is 11.9 Å². The molecule has 2 N–H and O–H groups in total. The summed E-state index contributed by atoms with van der Waals surface area (Å²) < 4.78 is 0.859. The Hall–Kier alpha value is -2.58. The number of anilines is 1. The lowest BCUT2D eigenvalue weighted by Crippen LogP contribution is -2.43. The number of carbonyl (C=O) groups is 3. The minimum Gasteiger partial charge on any atom is -0.332 e. The van der Waals surface area contributed by atoms with Crippen molar-refractivity contribution < 1.29 is 14.4 Å². The topological polar surface area (TPSA) is 78.5 Å². The molecule has 0 aromatic heterocycles. The number of thiocarbonyl (C=S) groups is 1. The molecule has 0 atom stereocenters. The molecule has 0 aliphatic carbocycles. The summed E-state index contributed by atoms with van der Waals surface area (Å²) in [5.41, 5.74) is 1.30. The summed E-state index contributed by atoms with van der Waals surface area (Å²) in [6.45, 7) is -0.396. The number of imide groups is 1. The maximum absolute atomic E-state index is 12.2. The lowest BCUT2D eigenvalue weighted by Gasteiger charge is -2.14. The Bertz CT molecular complexity index is 865. The third-order valence-corrected chi connectivity index (χ3v) is 4.21. The quantitative estimate of drug-likeness (QED) is 0.592. The highest BCUT2D eigenvalue weighted by Crippen LogP contribution is 2.22. The minimum atomic E-state index is -0.554. The second-order valence-electron chi connectivity index (χ2n) is 5.25. The van der Waals surface area contributed by atoms with Crippen LogP contribution in [0.1, 0.15) is 20.7 Å². The van der Waals surface area contributed by atoms with Crippen molar-refractivity contribution in [2.24, 2.45) is 0 Å². The van der Waals surface area contributed by atoms with Gasteiger partial charge >= 0.3 is 0 Å². The summed E-state index contributed by atoms with van der Waals surface area (Å²) in [6, 6.07) is 13.7. The Labute approximate surface area is 157 Å². The van der Waals surface area contributed by atoms with Crippen molar-refractivity contribution >= 4 is 56.7 Å². The Morgan fingerprint density at radius 3 is 2.28 bits per heavy atom. The molecular formula is C17H12BrN3O3S. The van der Waals surface area contributed by atoms with Gasteiger partial charge in [-0.2, -0.15) is 0 Å². The van der Waals surface area contributed by atoms with Crippen LogP contribution < -0.4 is 10.6 Å². The van der Waals surface area contributed by atoms with Gasteiger partial charge in [-0.1, -0.05) is 34.1 Å². The Morgan fingerprint density at radius 2 is 1.68 bits per heavy atom. The fourth-order valence-electron chi connectivity index (χ4n) is 2.42. The van der Waals surface area contributed by atoms with Gasteiger partial charge in [0.25, 0.3) is 11.8 Å². The summed E-state index contributed by atoms with van der Waals surface area (Å²) in [6.07, 6.45) is 0. The zero-order valence-electron chi connectivity index (χ0n) is 12.8. The average Bonchev–Trinajstić information content (AvgIpc) is 2.80. The molecule has 3 rings (SSSR count). The summed E-state index contributed by atoms with van der Waals surface area (Å²) in [4.78, 5) is 37.5. The second-order valence-corrected chi connectivity index (χ2v) is 6.58. The number of amides is 3. The number of carbonyl (C=O) groups excluding carboxylic acids is 3. The standard InChI is InChI=1S/C17H12BrN3O3S/c18-10-4-3-5-11(8-10)19-17(25)20-14(22)9-21-15(23)12-6-1-2-7-13(12)16(21)24/h1-8H,9H2,(H2,19,20,22,25). The van der Waals surface area contributed by atoms with E-state index in [9.17, 15) is 14.4 Å². The number of hydrogen-bond donors (Lipinski definition) is 2. The van der Waals surface area contributed by atoms with E-state index >= 15 is 0 Å². The van der Waals surface area contributed by atoms with E-state index in [1.165, 1.54) is 0 Å². The molecule has 2 aromatic rings. The molecule has 0 saturated heterocycles. The van der Waals surface area contributed by atoms with Crippen LogP contribution in [0.5, 0.6) is 0 Å². The van der Waals surface area contributed by atoms with E-state index in [0.29, 0.717) is 16.8 Å². The van der Waals surface area contributed by atoms with Gasteiger partial charge in [-0.3, -0.25) is 19.3 Å². The molecule has 0 saturated carbocycles. The molecular weight excluding hydrogens is 406 g/mol. The van der Waals surface area contributed by atoms with Crippen LogP contribution in [-0.4, -0.2) is 34.3 Å². The van der Waals surface area contributed by atoms with Gasteiger partial charge in [-0.05, 0) is 42.5 Å². The smallest absolute Gasteiger partial charge is 0.262 e. The van der Waals surface area contributed by atoms with Crippen LogP contribution in [0.25, 0.3) is 0 Å². The third kappa shape index (κ3) is 3.75. The van der Waals surface area contributed by atoms with Gasteiger partial charge < -0.3 is 10.6 Å². The van der Waals surface area contributed by atoms with E-state index in [2.05, 4.69) is 26.6 Å². The molecule has 1 heterocycles. The largest absolute Gasteiger partial charge is 0.332 e. The maximum Gasteiger partial charge on any atom is 0.262 e. The van der Waals surface area contributed by atoms with Crippen LogP contribution in [0, 0.1) is 0 Å². The van der Waals surface area contributed by atoms with Gasteiger partial charge in [-0.25, -0.2) is 0 Å². The lowest BCUT2D eigenvalue weighted by atomic mass is 10.1. The number of hydrogen-bond acceptors (Lipinski definition) is 4. The van der Waals surface area contributed by atoms with E-state index in [-0.39, 0.29) is 5.11 Å². The molecule has 1 aliphatic rings. The van der Waals surface area contributed by atoms with Crippen LogP contribution in [0.15, 0.2) is 53.0 Å². The molecule has 0 radical (unpaired) electrons. The summed E-state index contributed by atoms with van der Waals surface area (Å²) >= 11 is 8.41. The van der Waals surface area contributed by atoms with Crippen LogP contribution in [0.3, 0.4) is 0 Å². The monoisotopic (exact) mass is 417 g/mol. The average molecular weight is 418 g/mol. The predicted molar refractivity (Wildman–Crippen MR) is 100 cm³/mol. The molecule has 6 nitrogen and oxygen atoms in total. The van der Waals surface area contributed by atoms with E-state index in [4.69, 9.17) is 12.2 Å². The van der Waals surface area contributed by atoms with Crippen molar-refractivity contribution in [1.29, 1.82) is 0 Å². The highest BCUT2D eigenvalue weighted by molar-refractivity contribution is 9.10. The minimum absolute atomic E-state index is 0.0831. The van der Waals surface area contributed by atoms with E-state index in [1.807, 2.05) is 12.1 Å². The number of rotatable bonds is 3. The molecule has 25 heavy (non-hydrogen) atoms. The Kier molecular flexibility index (Phi) is 4.91. The number of nitrogens with one attached hydrogen (secondary N) is 2. The molecule has 0 unspecified atom stereocenters. The third-order valence-electron chi connectivity index (χ3n) is 3.52. The number of nitrogens with zero attached hydrogens (tertiary/aromatic N) is 1. The first-order valence-corrected chi connectivity index (χ1v) is 8.47. The fourth-order valence-corrected chi connectivity index (χ4v) is 3.05. The number of benzene rings is 2. The van der Waals surface area contributed by atoms with Crippen LogP contribution in [-0.2, 0) is 4.79 Å². The van der Waals surface area contributed by atoms with Gasteiger partial charge in [0.15, 0.2) is 5.11 Å². The van der Waals surface area contributed by atoms with Crippen molar-refractivity contribution in [2.45, 2.75) is 0 Å². The molecule has 2 aromatic carbocycles. The zero-order chi connectivity index (χ0) is 18.0. The first-order chi connectivity index (χ1) is 12.0. The summed E-state index contributed by atoms with van der Waals surface area (Å²) in [7, 11) is 0. The predicted octanol–water partition coefficient (Wildman–Crippen LogP) is 2.56. The molecule has 0 bridgehead atoms. The summed E-state index contributed by atoms with van der Waals surface area (Å²) in [5, 5.41) is 5.40. The lowest BCUT2D eigenvalue weighted by molar-refractivity contribution is -0.120. The molecule has 0 fully saturated rings. The number of fused-ring (bicyclic) bond motifs is 1. The van der Waals surface area contributed by atoms with Crippen molar-refractivity contribution in [3.63, 3.8) is 0 Å². The van der Waals surface area contributed by atoms with Gasteiger partial charge in [0.1, 0.15) is 6.54 Å². The normalized spacial score (nSPS) is 12.8. The van der Waals surface area contributed by atoms with Crippen LogP contribution >= 0.6 is 28.1 Å². The highest BCUT2D eigenvalue weighted by Gasteiger charge is 2.36. The Morgan fingerprint density at radius 1 is 1.04 bits per heavy atom. The van der Waals surface area contributed by atoms with Crippen LogP contribution in [0.2, 0.25) is 0 Å². The van der Waals surface area contributed by atoms with Gasteiger partial charge in [0.05, 0.1) is 11.1 Å². The molecule has 0 spiro atoms. The second kappa shape index (κ2) is 7.12. The molecule has 1 aliphatic heterocycles. The van der Waals surface area contributed by atoms with Crippen molar-refractivity contribution in [3.8, 4) is 0 Å².